The first kappa shape index (κ1) is 19.8. The summed E-state index contributed by atoms with van der Waals surface area (Å²) in [6.07, 6.45) is -4.79. The molecule has 0 saturated heterocycles. The Bertz CT molecular complexity index is 776. The minimum absolute atomic E-state index is 0.0305. The smallest absolute Gasteiger partial charge is 0.348 e. The van der Waals surface area contributed by atoms with Crippen LogP contribution in [0.25, 0.3) is 11.4 Å². The fraction of sp³-hybridized carbons (Fsp3) is 0.438. The van der Waals surface area contributed by atoms with E-state index in [0.29, 0.717) is 6.54 Å². The third kappa shape index (κ3) is 4.78. The topological polar surface area (TPSA) is 71.3 Å². The zero-order valence-electron chi connectivity index (χ0n) is 14.4. The number of likely N-dealkylation sites (N-methyl/N-ethyl adjacent to an activating group) is 1. The third-order valence-corrected chi connectivity index (χ3v) is 3.64. The van der Waals surface area contributed by atoms with Gasteiger partial charge in [-0.3, -0.25) is 4.79 Å². The maximum absolute atomic E-state index is 14.2. The minimum atomic E-state index is -4.79. The van der Waals surface area contributed by atoms with Crippen LogP contribution in [0.2, 0.25) is 0 Å². The van der Waals surface area contributed by atoms with Crippen molar-refractivity contribution in [2.75, 3.05) is 20.1 Å². The molecule has 0 saturated carbocycles. The predicted octanol–water partition coefficient (Wildman–Crippen LogP) is 2.96. The number of carbonyl (C=O) groups is 1. The Morgan fingerprint density at radius 3 is 2.62 bits per heavy atom. The van der Waals surface area contributed by atoms with E-state index < -0.39 is 29.6 Å². The number of alkyl halides is 3. The molecule has 1 aromatic carbocycles. The summed E-state index contributed by atoms with van der Waals surface area (Å²) in [7, 11) is 1.89. The average molecular weight is 374 g/mol. The van der Waals surface area contributed by atoms with Crippen molar-refractivity contribution in [2.24, 2.45) is 0 Å². The third-order valence-electron chi connectivity index (χ3n) is 3.64. The highest BCUT2D eigenvalue weighted by Gasteiger charge is 2.38. The SMILES string of the molecule is CCN(C)C[C@@H](C)NC(=O)c1ccc(-c2noc(C(F)(F)F)n2)cc1F. The molecule has 0 spiro atoms. The van der Waals surface area contributed by atoms with E-state index in [1.807, 2.05) is 18.9 Å². The van der Waals surface area contributed by atoms with E-state index in [0.717, 1.165) is 12.6 Å². The number of halogens is 4. The van der Waals surface area contributed by atoms with Crippen LogP contribution in [0, 0.1) is 5.82 Å². The van der Waals surface area contributed by atoms with Crippen LogP contribution in [0.5, 0.6) is 0 Å². The van der Waals surface area contributed by atoms with Gasteiger partial charge in [0.25, 0.3) is 5.91 Å². The predicted molar refractivity (Wildman–Crippen MR) is 84.8 cm³/mol. The lowest BCUT2D eigenvalue weighted by atomic mass is 10.1. The van der Waals surface area contributed by atoms with Gasteiger partial charge in [-0.2, -0.15) is 18.2 Å². The molecule has 1 atom stereocenters. The number of aromatic nitrogens is 2. The molecule has 2 aromatic rings. The van der Waals surface area contributed by atoms with Crippen molar-refractivity contribution in [2.45, 2.75) is 26.1 Å². The Morgan fingerprint density at radius 1 is 1.38 bits per heavy atom. The zero-order valence-corrected chi connectivity index (χ0v) is 14.4. The molecule has 1 N–H and O–H groups in total. The lowest BCUT2D eigenvalue weighted by Crippen LogP contribution is -2.40. The van der Waals surface area contributed by atoms with E-state index in [9.17, 15) is 22.4 Å². The van der Waals surface area contributed by atoms with Gasteiger partial charge in [0.15, 0.2) is 0 Å². The highest BCUT2D eigenvalue weighted by atomic mass is 19.4. The van der Waals surface area contributed by atoms with E-state index >= 15 is 0 Å². The molecule has 0 fully saturated rings. The van der Waals surface area contributed by atoms with Gasteiger partial charge in [-0.25, -0.2) is 4.39 Å². The molecule has 1 heterocycles. The van der Waals surface area contributed by atoms with Gasteiger partial charge in [-0.1, -0.05) is 18.1 Å². The van der Waals surface area contributed by atoms with Crippen molar-refractivity contribution in [3.8, 4) is 11.4 Å². The van der Waals surface area contributed by atoms with Crippen molar-refractivity contribution >= 4 is 5.91 Å². The molecule has 0 unspecified atom stereocenters. The van der Waals surface area contributed by atoms with Crippen molar-refractivity contribution in [1.29, 1.82) is 0 Å². The number of hydrogen-bond donors (Lipinski definition) is 1. The van der Waals surface area contributed by atoms with E-state index in [1.54, 1.807) is 6.92 Å². The molecule has 0 aliphatic heterocycles. The average Bonchev–Trinajstić information content (AvgIpc) is 3.04. The number of rotatable bonds is 6. The molecule has 142 valence electrons. The molecule has 0 bridgehead atoms. The zero-order chi connectivity index (χ0) is 19.5. The van der Waals surface area contributed by atoms with Crippen LogP contribution in [-0.4, -0.2) is 47.1 Å². The summed E-state index contributed by atoms with van der Waals surface area (Å²) in [5.74, 6) is -3.45. The first-order valence-corrected chi connectivity index (χ1v) is 7.82. The fourth-order valence-corrected chi connectivity index (χ4v) is 2.24. The number of nitrogens with zero attached hydrogens (tertiary/aromatic N) is 3. The first-order valence-electron chi connectivity index (χ1n) is 7.82. The molecule has 2 rings (SSSR count). The number of hydrogen-bond acceptors (Lipinski definition) is 5. The van der Waals surface area contributed by atoms with Gasteiger partial charge in [-0.05, 0) is 32.6 Å². The first-order chi connectivity index (χ1) is 12.1. The van der Waals surface area contributed by atoms with Gasteiger partial charge >= 0.3 is 12.1 Å². The van der Waals surface area contributed by atoms with Crippen molar-refractivity contribution in [3.05, 3.63) is 35.5 Å². The Morgan fingerprint density at radius 2 is 2.08 bits per heavy atom. The van der Waals surface area contributed by atoms with Crippen LogP contribution in [0.1, 0.15) is 30.1 Å². The number of benzene rings is 1. The Labute approximate surface area is 147 Å². The number of nitrogens with one attached hydrogen (secondary N) is 1. The molecule has 6 nitrogen and oxygen atoms in total. The second-order valence-corrected chi connectivity index (χ2v) is 5.84. The summed E-state index contributed by atoms with van der Waals surface area (Å²) in [4.78, 5) is 17.3. The fourth-order valence-electron chi connectivity index (χ4n) is 2.24. The Kier molecular flexibility index (Phi) is 5.96. The normalized spacial score (nSPS) is 13.1. The highest BCUT2D eigenvalue weighted by Crippen LogP contribution is 2.29. The molecule has 1 amide bonds. The Hall–Kier alpha value is -2.49. The molecule has 0 aliphatic rings. The van der Waals surface area contributed by atoms with Crippen LogP contribution in [0.4, 0.5) is 17.6 Å². The molecule has 26 heavy (non-hydrogen) atoms. The molecule has 0 radical (unpaired) electrons. The summed E-state index contributed by atoms with van der Waals surface area (Å²) >= 11 is 0. The quantitative estimate of drug-likeness (QED) is 0.788. The van der Waals surface area contributed by atoms with Gasteiger partial charge in [0, 0.05) is 18.2 Å². The lowest BCUT2D eigenvalue weighted by molar-refractivity contribution is -0.159. The van der Waals surface area contributed by atoms with Crippen molar-refractivity contribution in [3.63, 3.8) is 0 Å². The van der Waals surface area contributed by atoms with Crippen LogP contribution >= 0.6 is 0 Å². The van der Waals surface area contributed by atoms with E-state index in [4.69, 9.17) is 0 Å². The summed E-state index contributed by atoms with van der Waals surface area (Å²) in [5, 5.41) is 5.85. The molecular formula is C16H18F4N4O2. The van der Waals surface area contributed by atoms with E-state index in [2.05, 4.69) is 20.0 Å². The van der Waals surface area contributed by atoms with E-state index in [1.165, 1.54) is 12.1 Å². The van der Waals surface area contributed by atoms with Gasteiger partial charge in [0.2, 0.25) is 5.82 Å². The summed E-state index contributed by atoms with van der Waals surface area (Å²) in [6.45, 7) is 5.14. The number of carbonyl (C=O) groups excluding carboxylic acids is 1. The lowest BCUT2D eigenvalue weighted by Gasteiger charge is -2.20. The maximum Gasteiger partial charge on any atom is 0.471 e. The highest BCUT2D eigenvalue weighted by molar-refractivity contribution is 5.95. The standard InChI is InChI=1S/C16H18F4N4O2/c1-4-24(3)8-9(2)21-14(25)11-6-5-10(7-12(11)17)13-22-15(26-23-13)16(18,19)20/h5-7,9H,4,8H2,1-3H3,(H,21,25)/t9-/m1/s1. The molecular weight excluding hydrogens is 356 g/mol. The van der Waals surface area contributed by atoms with Crippen molar-refractivity contribution < 1.29 is 26.9 Å². The summed E-state index contributed by atoms with van der Waals surface area (Å²) in [6, 6.07) is 3.10. The van der Waals surface area contributed by atoms with Gasteiger partial charge in [-0.15, -0.1) is 0 Å². The van der Waals surface area contributed by atoms with Gasteiger partial charge in [0.05, 0.1) is 5.56 Å². The summed E-state index contributed by atoms with van der Waals surface area (Å²) in [5.41, 5.74) is -0.253. The van der Waals surface area contributed by atoms with Crippen LogP contribution in [0.15, 0.2) is 22.7 Å². The largest absolute Gasteiger partial charge is 0.471 e. The maximum atomic E-state index is 14.2. The minimum Gasteiger partial charge on any atom is -0.348 e. The van der Waals surface area contributed by atoms with Crippen LogP contribution in [-0.2, 0) is 6.18 Å². The number of amides is 1. The Balaban J connectivity index is 2.14. The monoisotopic (exact) mass is 374 g/mol. The van der Waals surface area contributed by atoms with E-state index in [-0.39, 0.29) is 17.2 Å². The summed E-state index contributed by atoms with van der Waals surface area (Å²) < 4.78 is 55.8. The van der Waals surface area contributed by atoms with Crippen molar-refractivity contribution in [1.82, 2.24) is 20.4 Å². The molecule has 0 aliphatic carbocycles. The van der Waals surface area contributed by atoms with Gasteiger partial charge < -0.3 is 14.7 Å². The second kappa shape index (κ2) is 7.81. The second-order valence-electron chi connectivity index (χ2n) is 5.84. The van der Waals surface area contributed by atoms with Crippen LogP contribution < -0.4 is 5.32 Å². The molecule has 10 heteroatoms. The van der Waals surface area contributed by atoms with Gasteiger partial charge in [0.1, 0.15) is 5.82 Å². The van der Waals surface area contributed by atoms with Crippen LogP contribution in [0.3, 0.4) is 0 Å². The molecule has 1 aromatic heterocycles.